The average Bonchev–Trinajstić information content (AvgIpc) is 2.30. The Morgan fingerprint density at radius 1 is 1.18 bits per heavy atom. The summed E-state index contributed by atoms with van der Waals surface area (Å²) in [6, 6.07) is 7.01. The molecule has 1 rings (SSSR count). The number of carbonyl (C=O) groups excluding carboxylic acids is 1. The van der Waals surface area contributed by atoms with E-state index < -0.39 is 15.1 Å². The van der Waals surface area contributed by atoms with Crippen LogP contribution in [0.3, 0.4) is 0 Å². The number of carbonyl (C=O) groups is 1. The fraction of sp³-hybridized carbons (Fsp3) is 0.462. The number of sulfone groups is 1. The van der Waals surface area contributed by atoms with Crippen molar-refractivity contribution in [2.45, 2.75) is 32.4 Å². The van der Waals surface area contributed by atoms with Crippen LogP contribution in [-0.2, 0) is 9.84 Å². The summed E-state index contributed by atoms with van der Waals surface area (Å²) in [7, 11) is -3.32. The Hall–Kier alpha value is -1.16. The van der Waals surface area contributed by atoms with Crippen LogP contribution in [0.2, 0.25) is 0 Å². The molecule has 0 aromatic heterocycles. The molecule has 0 aliphatic carbocycles. The number of rotatable bonds is 5. The van der Waals surface area contributed by atoms with E-state index in [9.17, 15) is 13.2 Å². The van der Waals surface area contributed by atoms with Crippen molar-refractivity contribution in [2.75, 3.05) is 5.75 Å². The Balaban J connectivity index is 3.07. The van der Waals surface area contributed by atoms with Gasteiger partial charge < -0.3 is 0 Å². The van der Waals surface area contributed by atoms with Crippen molar-refractivity contribution < 1.29 is 13.2 Å². The summed E-state index contributed by atoms with van der Waals surface area (Å²) < 4.78 is 23.6. The summed E-state index contributed by atoms with van der Waals surface area (Å²) in [5.41, 5.74) is 1.52. The lowest BCUT2D eigenvalue weighted by molar-refractivity contribution is 0.0985. The quantitative estimate of drug-likeness (QED) is 0.758. The van der Waals surface area contributed by atoms with Gasteiger partial charge >= 0.3 is 0 Å². The molecule has 1 atom stereocenters. The van der Waals surface area contributed by atoms with Gasteiger partial charge in [-0.05, 0) is 13.3 Å². The average molecular weight is 254 g/mol. The molecule has 0 fully saturated rings. The minimum Gasteiger partial charge on any atom is -0.293 e. The SMILES string of the molecule is CC[C@H](C(=O)c1ccc(C)cc1)S(=O)(=O)CC. The first-order valence-corrected chi connectivity index (χ1v) is 7.46. The summed E-state index contributed by atoms with van der Waals surface area (Å²) >= 11 is 0. The standard InChI is InChI=1S/C13H18O3S/c1-4-12(17(15,16)5-2)13(14)11-8-6-10(3)7-9-11/h6-9,12H,4-5H2,1-3H3/t12-/m1/s1. The number of ketones is 1. The molecule has 17 heavy (non-hydrogen) atoms. The summed E-state index contributed by atoms with van der Waals surface area (Å²) in [4.78, 5) is 12.1. The lowest BCUT2D eigenvalue weighted by atomic mass is 10.1. The largest absolute Gasteiger partial charge is 0.293 e. The zero-order valence-corrected chi connectivity index (χ0v) is 11.3. The maximum atomic E-state index is 12.1. The van der Waals surface area contributed by atoms with Crippen molar-refractivity contribution in [3.8, 4) is 0 Å². The topological polar surface area (TPSA) is 51.2 Å². The molecule has 3 nitrogen and oxygen atoms in total. The van der Waals surface area contributed by atoms with Gasteiger partial charge in [0.25, 0.3) is 0 Å². The van der Waals surface area contributed by atoms with Crippen molar-refractivity contribution in [3.05, 3.63) is 35.4 Å². The van der Waals surface area contributed by atoms with Crippen molar-refractivity contribution >= 4 is 15.6 Å². The molecule has 0 N–H and O–H groups in total. The highest BCUT2D eigenvalue weighted by Crippen LogP contribution is 2.15. The van der Waals surface area contributed by atoms with Crippen molar-refractivity contribution in [1.82, 2.24) is 0 Å². The molecule has 94 valence electrons. The fourth-order valence-corrected chi connectivity index (χ4v) is 3.08. The maximum Gasteiger partial charge on any atom is 0.180 e. The predicted molar refractivity (Wildman–Crippen MR) is 69.0 cm³/mol. The van der Waals surface area contributed by atoms with E-state index in [2.05, 4.69) is 0 Å². The van der Waals surface area contributed by atoms with E-state index in [0.29, 0.717) is 12.0 Å². The molecular weight excluding hydrogens is 236 g/mol. The number of Topliss-reactive ketones (excluding diaryl/α,β-unsaturated/α-hetero) is 1. The number of hydrogen-bond acceptors (Lipinski definition) is 3. The molecule has 0 aliphatic heterocycles. The Bertz CT molecular complexity index is 486. The van der Waals surface area contributed by atoms with Crippen molar-refractivity contribution in [3.63, 3.8) is 0 Å². The summed E-state index contributed by atoms with van der Waals surface area (Å²) in [5, 5.41) is -0.907. The number of aryl methyl sites for hydroxylation is 1. The number of hydrogen-bond donors (Lipinski definition) is 0. The van der Waals surface area contributed by atoms with Gasteiger partial charge in [-0.15, -0.1) is 0 Å². The minimum atomic E-state index is -3.32. The van der Waals surface area contributed by atoms with Crippen LogP contribution in [0.4, 0.5) is 0 Å². The zero-order chi connectivity index (χ0) is 13.1. The molecular formula is C13H18O3S. The zero-order valence-electron chi connectivity index (χ0n) is 10.4. The lowest BCUT2D eigenvalue weighted by Gasteiger charge is -2.13. The van der Waals surface area contributed by atoms with Crippen LogP contribution in [-0.4, -0.2) is 25.2 Å². The van der Waals surface area contributed by atoms with E-state index in [1.807, 2.05) is 19.1 Å². The summed E-state index contributed by atoms with van der Waals surface area (Å²) in [5.74, 6) is -0.294. The van der Waals surface area contributed by atoms with E-state index in [-0.39, 0.29) is 11.5 Å². The first kappa shape index (κ1) is 13.9. The first-order valence-electron chi connectivity index (χ1n) is 5.74. The van der Waals surface area contributed by atoms with Gasteiger partial charge in [-0.1, -0.05) is 43.7 Å². The Morgan fingerprint density at radius 3 is 2.12 bits per heavy atom. The molecule has 0 saturated heterocycles. The third kappa shape index (κ3) is 3.16. The van der Waals surface area contributed by atoms with Crippen LogP contribution in [0.25, 0.3) is 0 Å². The van der Waals surface area contributed by atoms with Crippen LogP contribution >= 0.6 is 0 Å². The fourth-order valence-electron chi connectivity index (χ4n) is 1.71. The van der Waals surface area contributed by atoms with E-state index in [4.69, 9.17) is 0 Å². The lowest BCUT2D eigenvalue weighted by Crippen LogP contribution is -2.31. The minimum absolute atomic E-state index is 0.00308. The van der Waals surface area contributed by atoms with Crippen LogP contribution in [0.1, 0.15) is 36.2 Å². The van der Waals surface area contributed by atoms with Gasteiger partial charge in [0.2, 0.25) is 0 Å². The van der Waals surface area contributed by atoms with Gasteiger partial charge in [0.15, 0.2) is 15.6 Å². The smallest absolute Gasteiger partial charge is 0.180 e. The van der Waals surface area contributed by atoms with Crippen LogP contribution in [0.5, 0.6) is 0 Å². The van der Waals surface area contributed by atoms with Gasteiger partial charge in [0, 0.05) is 11.3 Å². The van der Waals surface area contributed by atoms with Crippen LogP contribution in [0, 0.1) is 6.92 Å². The molecule has 1 aromatic rings. The van der Waals surface area contributed by atoms with Gasteiger partial charge in [0.1, 0.15) is 5.25 Å². The first-order chi connectivity index (χ1) is 7.92. The second-order valence-corrected chi connectivity index (χ2v) is 6.55. The normalized spacial score (nSPS) is 13.4. The van der Waals surface area contributed by atoms with Gasteiger partial charge in [-0.25, -0.2) is 8.42 Å². The molecule has 0 heterocycles. The molecule has 0 spiro atoms. The highest BCUT2D eigenvalue weighted by Gasteiger charge is 2.29. The maximum absolute atomic E-state index is 12.1. The molecule has 0 amide bonds. The van der Waals surface area contributed by atoms with E-state index in [0.717, 1.165) is 5.56 Å². The van der Waals surface area contributed by atoms with E-state index in [1.165, 1.54) is 0 Å². The van der Waals surface area contributed by atoms with Crippen LogP contribution < -0.4 is 0 Å². The van der Waals surface area contributed by atoms with E-state index >= 15 is 0 Å². The van der Waals surface area contributed by atoms with Gasteiger partial charge in [-0.3, -0.25) is 4.79 Å². The second kappa shape index (κ2) is 5.45. The highest BCUT2D eigenvalue weighted by atomic mass is 32.2. The predicted octanol–water partition coefficient (Wildman–Crippen LogP) is 2.39. The van der Waals surface area contributed by atoms with Crippen molar-refractivity contribution in [2.24, 2.45) is 0 Å². The van der Waals surface area contributed by atoms with Gasteiger partial charge in [-0.2, -0.15) is 0 Å². The van der Waals surface area contributed by atoms with E-state index in [1.54, 1.807) is 26.0 Å². The summed E-state index contributed by atoms with van der Waals surface area (Å²) in [6.07, 6.45) is 0.322. The third-order valence-corrected chi connectivity index (χ3v) is 5.05. The molecule has 0 aliphatic rings. The molecule has 0 saturated carbocycles. The third-order valence-electron chi connectivity index (χ3n) is 2.84. The van der Waals surface area contributed by atoms with Gasteiger partial charge in [0.05, 0.1) is 0 Å². The Labute approximate surface area is 103 Å². The number of benzene rings is 1. The molecule has 0 bridgehead atoms. The van der Waals surface area contributed by atoms with Crippen molar-refractivity contribution in [1.29, 1.82) is 0 Å². The highest BCUT2D eigenvalue weighted by molar-refractivity contribution is 7.92. The monoisotopic (exact) mass is 254 g/mol. The molecule has 1 aromatic carbocycles. The Kier molecular flexibility index (Phi) is 4.46. The van der Waals surface area contributed by atoms with Crippen LogP contribution in [0.15, 0.2) is 24.3 Å². The molecule has 4 heteroatoms. The summed E-state index contributed by atoms with van der Waals surface area (Å²) in [6.45, 7) is 5.22. The second-order valence-electron chi connectivity index (χ2n) is 4.08. The molecule has 0 radical (unpaired) electrons. The molecule has 0 unspecified atom stereocenters. The Morgan fingerprint density at radius 2 is 1.71 bits per heavy atom.